The highest BCUT2D eigenvalue weighted by Gasteiger charge is 2.15. The molecule has 0 aliphatic carbocycles. The summed E-state index contributed by atoms with van der Waals surface area (Å²) in [5.41, 5.74) is 1.51. The Kier molecular flexibility index (Phi) is 4.26. The summed E-state index contributed by atoms with van der Waals surface area (Å²) in [4.78, 5) is 10.3. The molecule has 2 rings (SSSR count). The Labute approximate surface area is 130 Å². The first-order chi connectivity index (χ1) is 9.77. The molecule has 112 valence electrons. The van der Waals surface area contributed by atoms with Crippen molar-refractivity contribution in [3.63, 3.8) is 0 Å². The number of nitrogens with zero attached hydrogens (tertiary/aromatic N) is 4. The number of hydrogen-bond donors (Lipinski definition) is 1. The van der Waals surface area contributed by atoms with Gasteiger partial charge in [-0.1, -0.05) is 5.21 Å². The molecular weight excluding hydrogens is 338 g/mol. The number of aromatic nitrogens is 3. The van der Waals surface area contributed by atoms with Gasteiger partial charge >= 0.3 is 0 Å². The molecule has 0 amide bonds. The van der Waals surface area contributed by atoms with Crippen LogP contribution in [0, 0.1) is 10.1 Å². The standard InChI is InChI=1S/C13H16BrN5O2/c1-13(2,3)18-8-10(16-17-18)7-15-9-4-5-12(19(20)21)11(14)6-9/h4-6,8,15H,7H2,1-3H3. The molecule has 0 fully saturated rings. The van der Waals surface area contributed by atoms with Crippen LogP contribution in [0.3, 0.4) is 0 Å². The Morgan fingerprint density at radius 3 is 2.67 bits per heavy atom. The Morgan fingerprint density at radius 2 is 2.14 bits per heavy atom. The molecule has 1 N–H and O–H groups in total. The van der Waals surface area contributed by atoms with Crippen LogP contribution < -0.4 is 5.32 Å². The lowest BCUT2D eigenvalue weighted by molar-refractivity contribution is -0.385. The van der Waals surface area contributed by atoms with Gasteiger partial charge in [-0.25, -0.2) is 4.68 Å². The van der Waals surface area contributed by atoms with E-state index in [1.54, 1.807) is 16.8 Å². The van der Waals surface area contributed by atoms with Gasteiger partial charge in [0, 0.05) is 11.8 Å². The van der Waals surface area contributed by atoms with E-state index < -0.39 is 4.92 Å². The van der Waals surface area contributed by atoms with Crippen molar-refractivity contribution in [2.24, 2.45) is 0 Å². The van der Waals surface area contributed by atoms with E-state index in [0.717, 1.165) is 11.4 Å². The van der Waals surface area contributed by atoms with Crippen LogP contribution >= 0.6 is 15.9 Å². The predicted molar refractivity (Wildman–Crippen MR) is 83.1 cm³/mol. The number of anilines is 1. The quantitative estimate of drug-likeness (QED) is 0.672. The number of nitrogens with one attached hydrogen (secondary N) is 1. The molecule has 0 spiro atoms. The molecule has 0 saturated heterocycles. The van der Waals surface area contributed by atoms with E-state index in [2.05, 4.69) is 31.6 Å². The molecule has 0 bridgehead atoms. The second-order valence-corrected chi connectivity index (χ2v) is 6.46. The zero-order valence-corrected chi connectivity index (χ0v) is 13.6. The maximum absolute atomic E-state index is 10.7. The molecule has 0 aliphatic rings. The molecule has 0 radical (unpaired) electrons. The molecule has 1 aromatic carbocycles. The summed E-state index contributed by atoms with van der Waals surface area (Å²) < 4.78 is 2.24. The molecule has 1 heterocycles. The summed E-state index contributed by atoms with van der Waals surface area (Å²) in [6.45, 7) is 6.64. The first-order valence-electron chi connectivity index (χ1n) is 6.37. The Bertz CT molecular complexity index is 663. The van der Waals surface area contributed by atoms with E-state index in [1.165, 1.54) is 6.07 Å². The minimum Gasteiger partial charge on any atom is -0.379 e. The van der Waals surface area contributed by atoms with E-state index in [4.69, 9.17) is 0 Å². The number of hydrogen-bond acceptors (Lipinski definition) is 5. The van der Waals surface area contributed by atoms with Crippen molar-refractivity contribution in [2.45, 2.75) is 32.9 Å². The van der Waals surface area contributed by atoms with Gasteiger partial charge in [-0.3, -0.25) is 10.1 Å². The molecule has 0 aliphatic heterocycles. The number of halogens is 1. The number of nitro groups is 1. The van der Waals surface area contributed by atoms with Gasteiger partial charge in [0.2, 0.25) is 0 Å². The number of rotatable bonds is 4. The maximum Gasteiger partial charge on any atom is 0.283 e. The number of benzene rings is 1. The van der Waals surface area contributed by atoms with Crippen molar-refractivity contribution >= 4 is 27.3 Å². The van der Waals surface area contributed by atoms with E-state index in [-0.39, 0.29) is 11.2 Å². The van der Waals surface area contributed by atoms with E-state index in [9.17, 15) is 10.1 Å². The fraction of sp³-hybridized carbons (Fsp3) is 0.385. The zero-order chi connectivity index (χ0) is 15.6. The highest BCUT2D eigenvalue weighted by atomic mass is 79.9. The molecule has 7 nitrogen and oxygen atoms in total. The SMILES string of the molecule is CC(C)(C)n1cc(CNc2ccc([N+](=O)[O-])c(Br)c2)nn1. The average molecular weight is 354 g/mol. The van der Waals surface area contributed by atoms with Crippen LogP contribution in [0.4, 0.5) is 11.4 Å². The second-order valence-electron chi connectivity index (χ2n) is 5.60. The third-order valence-electron chi connectivity index (χ3n) is 2.85. The van der Waals surface area contributed by atoms with Crippen LogP contribution in [-0.2, 0) is 12.1 Å². The normalized spacial score (nSPS) is 11.4. The summed E-state index contributed by atoms with van der Waals surface area (Å²) in [5.74, 6) is 0. The minimum atomic E-state index is -0.428. The lowest BCUT2D eigenvalue weighted by Gasteiger charge is -2.17. The van der Waals surface area contributed by atoms with Crippen molar-refractivity contribution in [1.29, 1.82) is 0 Å². The molecule has 0 atom stereocenters. The zero-order valence-electron chi connectivity index (χ0n) is 12.0. The lowest BCUT2D eigenvalue weighted by atomic mass is 10.1. The summed E-state index contributed by atoms with van der Waals surface area (Å²) in [7, 11) is 0. The first-order valence-corrected chi connectivity index (χ1v) is 7.16. The fourth-order valence-electron chi connectivity index (χ4n) is 1.66. The summed E-state index contributed by atoms with van der Waals surface area (Å²) in [6.07, 6.45) is 1.88. The van der Waals surface area contributed by atoms with Gasteiger partial charge < -0.3 is 5.32 Å². The third kappa shape index (κ3) is 3.78. The van der Waals surface area contributed by atoms with Crippen LogP contribution in [0.1, 0.15) is 26.5 Å². The Hall–Kier alpha value is -1.96. The fourth-order valence-corrected chi connectivity index (χ4v) is 2.19. The third-order valence-corrected chi connectivity index (χ3v) is 3.48. The largest absolute Gasteiger partial charge is 0.379 e. The number of nitro benzene ring substituents is 1. The van der Waals surface area contributed by atoms with Crippen molar-refractivity contribution in [1.82, 2.24) is 15.0 Å². The van der Waals surface area contributed by atoms with Gasteiger partial charge in [0.25, 0.3) is 5.69 Å². The van der Waals surface area contributed by atoms with Crippen LogP contribution in [0.5, 0.6) is 0 Å². The first kappa shape index (κ1) is 15.4. The van der Waals surface area contributed by atoms with E-state index >= 15 is 0 Å². The highest BCUT2D eigenvalue weighted by molar-refractivity contribution is 9.10. The van der Waals surface area contributed by atoms with Gasteiger partial charge in [-0.2, -0.15) is 0 Å². The summed E-state index contributed by atoms with van der Waals surface area (Å²) in [6, 6.07) is 4.79. The van der Waals surface area contributed by atoms with E-state index in [0.29, 0.717) is 11.0 Å². The van der Waals surface area contributed by atoms with Crippen molar-refractivity contribution in [3.05, 3.63) is 44.7 Å². The molecule has 2 aromatic rings. The molecule has 8 heteroatoms. The molecule has 21 heavy (non-hydrogen) atoms. The monoisotopic (exact) mass is 353 g/mol. The molecular formula is C13H16BrN5O2. The average Bonchev–Trinajstić information content (AvgIpc) is 2.84. The van der Waals surface area contributed by atoms with Crippen molar-refractivity contribution < 1.29 is 4.92 Å². The molecule has 0 unspecified atom stereocenters. The van der Waals surface area contributed by atoms with Crippen molar-refractivity contribution in [3.8, 4) is 0 Å². The highest BCUT2D eigenvalue weighted by Crippen LogP contribution is 2.27. The molecule has 0 saturated carbocycles. The van der Waals surface area contributed by atoms with Crippen LogP contribution in [0.25, 0.3) is 0 Å². The van der Waals surface area contributed by atoms with Gasteiger partial charge in [0.05, 0.1) is 27.7 Å². The van der Waals surface area contributed by atoms with Crippen molar-refractivity contribution in [2.75, 3.05) is 5.32 Å². The predicted octanol–water partition coefficient (Wildman–Crippen LogP) is 3.32. The molecule has 1 aromatic heterocycles. The van der Waals surface area contributed by atoms with Crippen LogP contribution in [0.15, 0.2) is 28.9 Å². The summed E-state index contributed by atoms with van der Waals surface area (Å²) in [5, 5.41) is 22.1. The smallest absolute Gasteiger partial charge is 0.283 e. The van der Waals surface area contributed by atoms with Crippen LogP contribution in [0.2, 0.25) is 0 Å². The van der Waals surface area contributed by atoms with Gasteiger partial charge in [0.1, 0.15) is 5.69 Å². The van der Waals surface area contributed by atoms with E-state index in [1.807, 2.05) is 27.0 Å². The van der Waals surface area contributed by atoms with Gasteiger partial charge in [-0.05, 0) is 48.8 Å². The topological polar surface area (TPSA) is 85.9 Å². The second kappa shape index (κ2) is 5.80. The minimum absolute atomic E-state index is 0.0410. The van der Waals surface area contributed by atoms with Gasteiger partial charge in [0.15, 0.2) is 0 Å². The maximum atomic E-state index is 10.7. The van der Waals surface area contributed by atoms with Gasteiger partial charge in [-0.15, -0.1) is 5.10 Å². The Morgan fingerprint density at radius 1 is 1.43 bits per heavy atom. The summed E-state index contributed by atoms with van der Waals surface area (Å²) >= 11 is 3.19. The van der Waals surface area contributed by atoms with Crippen LogP contribution in [-0.4, -0.2) is 19.9 Å². The Balaban J connectivity index is 2.05. The lowest BCUT2D eigenvalue weighted by Crippen LogP contribution is -2.22.